The molecule has 1 aliphatic carbocycles. The number of aliphatic hydroxyl groups is 1. The first kappa shape index (κ1) is 17.3. The Morgan fingerprint density at radius 1 is 1.52 bits per heavy atom. The first-order valence-electron chi connectivity index (χ1n) is 8.95. The molecule has 3 atom stereocenters. The van der Waals surface area contributed by atoms with E-state index in [-0.39, 0.29) is 11.5 Å². The molecular formula is C19H25BrN2O3. The molecule has 0 aromatic heterocycles. The molecule has 136 valence electrons. The Balaban J connectivity index is 1.86. The first-order valence-corrected chi connectivity index (χ1v) is 9.74. The minimum atomic E-state index is -0.445. The highest BCUT2D eigenvalue weighted by molar-refractivity contribution is 9.10. The lowest BCUT2D eigenvalue weighted by Gasteiger charge is -2.36. The zero-order chi connectivity index (χ0) is 17.6. The second-order valence-corrected chi connectivity index (χ2v) is 8.08. The van der Waals surface area contributed by atoms with Gasteiger partial charge in [-0.25, -0.2) is 0 Å². The molecule has 3 N–H and O–H groups in total. The molecule has 0 fully saturated rings. The molecule has 0 saturated heterocycles. The molecule has 1 spiro atoms. The lowest BCUT2D eigenvalue weighted by molar-refractivity contribution is 0.0810. The van der Waals surface area contributed by atoms with E-state index in [9.17, 15) is 5.11 Å². The third-order valence-corrected chi connectivity index (χ3v) is 6.50. The van der Waals surface area contributed by atoms with Gasteiger partial charge in [0.1, 0.15) is 6.10 Å². The molecule has 0 radical (unpaired) electrons. The maximum Gasteiger partial charge on any atom is 0.166 e. The van der Waals surface area contributed by atoms with Gasteiger partial charge in [-0.2, -0.15) is 0 Å². The molecule has 3 aliphatic rings. The molecule has 1 aromatic rings. The van der Waals surface area contributed by atoms with Crippen molar-refractivity contribution in [1.82, 2.24) is 4.90 Å². The summed E-state index contributed by atoms with van der Waals surface area (Å²) < 4.78 is 13.0. The van der Waals surface area contributed by atoms with E-state index in [4.69, 9.17) is 15.2 Å². The Hall–Kier alpha value is -1.08. The monoisotopic (exact) mass is 408 g/mol. The SMILES string of the molecule is COc1cc(Br)c2c3c1O[C@@H]1C[C@H](O)C=C[C@]31CCN(CCCN)C2. The fourth-order valence-electron chi connectivity index (χ4n) is 4.52. The lowest BCUT2D eigenvalue weighted by atomic mass is 9.69. The van der Waals surface area contributed by atoms with Crippen LogP contribution in [0.4, 0.5) is 0 Å². The van der Waals surface area contributed by atoms with Gasteiger partial charge in [0, 0.05) is 23.0 Å². The molecule has 2 aliphatic heterocycles. The van der Waals surface area contributed by atoms with Crippen molar-refractivity contribution in [3.8, 4) is 11.5 Å². The van der Waals surface area contributed by atoms with Crippen molar-refractivity contribution < 1.29 is 14.6 Å². The molecule has 5 nitrogen and oxygen atoms in total. The number of benzene rings is 1. The molecule has 2 heterocycles. The third-order valence-electron chi connectivity index (χ3n) is 5.79. The van der Waals surface area contributed by atoms with E-state index in [0.29, 0.717) is 13.0 Å². The average Bonchev–Trinajstić information content (AvgIpc) is 2.83. The average molecular weight is 409 g/mol. The van der Waals surface area contributed by atoms with Crippen LogP contribution < -0.4 is 15.2 Å². The van der Waals surface area contributed by atoms with E-state index in [0.717, 1.165) is 48.4 Å². The van der Waals surface area contributed by atoms with Gasteiger partial charge in [-0.3, -0.25) is 4.90 Å². The maximum absolute atomic E-state index is 10.1. The van der Waals surface area contributed by atoms with Crippen molar-refractivity contribution in [2.24, 2.45) is 5.73 Å². The number of nitrogens with zero attached hydrogens (tertiary/aromatic N) is 1. The van der Waals surface area contributed by atoms with Crippen molar-refractivity contribution in [2.75, 3.05) is 26.7 Å². The van der Waals surface area contributed by atoms with Gasteiger partial charge in [0.15, 0.2) is 11.5 Å². The number of rotatable bonds is 4. The molecule has 1 aromatic carbocycles. The molecular weight excluding hydrogens is 384 g/mol. The van der Waals surface area contributed by atoms with Gasteiger partial charge in [-0.1, -0.05) is 28.1 Å². The van der Waals surface area contributed by atoms with Crippen LogP contribution >= 0.6 is 15.9 Å². The molecule has 0 amide bonds. The van der Waals surface area contributed by atoms with Crippen LogP contribution in [0.1, 0.15) is 30.4 Å². The summed E-state index contributed by atoms with van der Waals surface area (Å²) in [6, 6.07) is 2.01. The zero-order valence-corrected chi connectivity index (χ0v) is 16.1. The second kappa shape index (κ2) is 6.58. The predicted molar refractivity (Wildman–Crippen MR) is 100 cm³/mol. The standard InChI is InChI=1S/C19H25BrN2O3/c1-24-15-10-14(20)13-11-22(7-2-6-21)8-5-19-4-3-12(23)9-16(19)25-18(15)17(13)19/h3-4,10,12,16,23H,2,5-9,11,21H2,1H3/t12-,16-,19-/m1/s1. The van der Waals surface area contributed by atoms with Crippen LogP contribution in [-0.2, 0) is 12.0 Å². The van der Waals surface area contributed by atoms with Crippen LogP contribution in [0.15, 0.2) is 22.7 Å². The minimum Gasteiger partial charge on any atom is -0.493 e. The fourth-order valence-corrected chi connectivity index (χ4v) is 5.05. The smallest absolute Gasteiger partial charge is 0.166 e. The van der Waals surface area contributed by atoms with Crippen LogP contribution in [0, 0.1) is 0 Å². The zero-order valence-electron chi connectivity index (χ0n) is 14.5. The molecule has 0 unspecified atom stereocenters. The molecule has 4 rings (SSSR count). The van der Waals surface area contributed by atoms with Gasteiger partial charge < -0.3 is 20.3 Å². The van der Waals surface area contributed by atoms with Crippen molar-refractivity contribution in [3.05, 3.63) is 33.8 Å². The summed E-state index contributed by atoms with van der Waals surface area (Å²) in [7, 11) is 1.68. The highest BCUT2D eigenvalue weighted by atomic mass is 79.9. The Morgan fingerprint density at radius 2 is 2.36 bits per heavy atom. The highest BCUT2D eigenvalue weighted by Crippen LogP contribution is 2.57. The number of methoxy groups -OCH3 is 1. The summed E-state index contributed by atoms with van der Waals surface area (Å²) in [5.41, 5.74) is 8.05. The third kappa shape index (κ3) is 2.70. The number of nitrogens with two attached hydrogens (primary N) is 1. The van der Waals surface area contributed by atoms with Gasteiger partial charge >= 0.3 is 0 Å². The van der Waals surface area contributed by atoms with E-state index in [1.807, 2.05) is 12.1 Å². The molecule has 6 heteroatoms. The summed E-state index contributed by atoms with van der Waals surface area (Å²) in [4.78, 5) is 2.47. The van der Waals surface area contributed by atoms with Crippen LogP contribution in [0.3, 0.4) is 0 Å². The molecule has 0 saturated carbocycles. The second-order valence-electron chi connectivity index (χ2n) is 7.22. The van der Waals surface area contributed by atoms with E-state index < -0.39 is 6.10 Å². The summed E-state index contributed by atoms with van der Waals surface area (Å²) >= 11 is 3.76. The van der Waals surface area contributed by atoms with Gasteiger partial charge in [-0.05, 0) is 44.1 Å². The van der Waals surface area contributed by atoms with Crippen molar-refractivity contribution >= 4 is 15.9 Å². The van der Waals surface area contributed by atoms with Crippen molar-refractivity contribution in [1.29, 1.82) is 0 Å². The topological polar surface area (TPSA) is 68.0 Å². The fraction of sp³-hybridized carbons (Fsp3) is 0.579. The van der Waals surface area contributed by atoms with Crippen LogP contribution in [0.5, 0.6) is 11.5 Å². The van der Waals surface area contributed by atoms with Gasteiger partial charge in [0.25, 0.3) is 0 Å². The maximum atomic E-state index is 10.1. The Labute approximate surface area is 156 Å². The quantitative estimate of drug-likeness (QED) is 0.748. The highest BCUT2D eigenvalue weighted by Gasteiger charge is 2.53. The number of ether oxygens (including phenoxy) is 2. The Bertz CT molecular complexity index is 708. The predicted octanol–water partition coefficient (Wildman–Crippen LogP) is 2.33. The first-order chi connectivity index (χ1) is 12.1. The molecule has 25 heavy (non-hydrogen) atoms. The summed E-state index contributed by atoms with van der Waals surface area (Å²) in [6.45, 7) is 3.57. The van der Waals surface area contributed by atoms with Crippen LogP contribution in [-0.4, -0.2) is 49.0 Å². The van der Waals surface area contributed by atoms with E-state index in [1.165, 1.54) is 11.1 Å². The summed E-state index contributed by atoms with van der Waals surface area (Å²) in [5.74, 6) is 1.61. The number of hydrogen-bond donors (Lipinski definition) is 2. The van der Waals surface area contributed by atoms with Crippen LogP contribution in [0.2, 0.25) is 0 Å². The van der Waals surface area contributed by atoms with E-state index in [2.05, 4.69) is 26.9 Å². The van der Waals surface area contributed by atoms with E-state index in [1.54, 1.807) is 7.11 Å². The minimum absolute atomic E-state index is 0.0427. The number of halogens is 1. The Kier molecular flexibility index (Phi) is 4.56. The summed E-state index contributed by atoms with van der Waals surface area (Å²) in [5, 5.41) is 10.1. The van der Waals surface area contributed by atoms with Crippen LogP contribution in [0.25, 0.3) is 0 Å². The lowest BCUT2D eigenvalue weighted by Crippen LogP contribution is -2.43. The normalized spacial score (nSPS) is 30.4. The molecule has 0 bridgehead atoms. The number of hydrogen-bond acceptors (Lipinski definition) is 5. The summed E-state index contributed by atoms with van der Waals surface area (Å²) in [6.07, 6.45) is 6.22. The Morgan fingerprint density at radius 3 is 3.12 bits per heavy atom. The number of aliphatic hydroxyl groups excluding tert-OH is 1. The van der Waals surface area contributed by atoms with Gasteiger partial charge in [0.05, 0.1) is 18.6 Å². The van der Waals surface area contributed by atoms with Gasteiger partial charge in [-0.15, -0.1) is 0 Å². The van der Waals surface area contributed by atoms with Crippen molar-refractivity contribution in [2.45, 2.75) is 43.4 Å². The van der Waals surface area contributed by atoms with Gasteiger partial charge in [0.2, 0.25) is 0 Å². The van der Waals surface area contributed by atoms with E-state index >= 15 is 0 Å². The largest absolute Gasteiger partial charge is 0.493 e. The van der Waals surface area contributed by atoms with Crippen molar-refractivity contribution in [3.63, 3.8) is 0 Å².